The van der Waals surface area contributed by atoms with Crippen molar-refractivity contribution in [2.45, 2.75) is 38.0 Å². The van der Waals surface area contributed by atoms with E-state index in [0.717, 1.165) is 38.2 Å². The first-order chi connectivity index (χ1) is 16.9. The molecule has 4 rings (SSSR count). The first kappa shape index (κ1) is 30.7. The first-order valence-electron chi connectivity index (χ1n) is 11.6. The Morgan fingerprint density at radius 1 is 1.00 bits per heavy atom. The number of hydrogen-bond donors (Lipinski definition) is 2. The number of ether oxygens (including phenoxy) is 2. The maximum absolute atomic E-state index is 13.4. The summed E-state index contributed by atoms with van der Waals surface area (Å²) in [5, 5.41) is 19.9. The number of nitrogens with one attached hydrogen (secondary N) is 1. The molecular weight excluding hydrogens is 532 g/mol. The van der Waals surface area contributed by atoms with Crippen molar-refractivity contribution < 1.29 is 27.8 Å². The van der Waals surface area contributed by atoms with Crippen molar-refractivity contribution in [2.75, 3.05) is 38.7 Å². The fourth-order valence-electron chi connectivity index (χ4n) is 4.21. The fraction of sp³-hybridized carbons (Fsp3) is 0.440. The van der Waals surface area contributed by atoms with Gasteiger partial charge in [0.05, 0.1) is 13.7 Å². The Bertz CT molecular complexity index is 1130. The van der Waals surface area contributed by atoms with Crippen molar-refractivity contribution in [1.29, 1.82) is 0 Å². The summed E-state index contributed by atoms with van der Waals surface area (Å²) in [4.78, 5) is 2.35. The Hall–Kier alpha value is -2.53. The monoisotopic (exact) mass is 562 g/mol. The molecule has 0 radical (unpaired) electrons. The minimum atomic E-state index is -4.59. The minimum Gasteiger partial charge on any atom is -0.497 e. The topological polar surface area (TPSA) is 79.7 Å². The van der Waals surface area contributed by atoms with Crippen LogP contribution >= 0.6 is 24.8 Å². The smallest absolute Gasteiger partial charge is 0.435 e. The van der Waals surface area contributed by atoms with Gasteiger partial charge in [-0.2, -0.15) is 13.2 Å². The molecule has 1 saturated heterocycles. The second-order valence-electron chi connectivity index (χ2n) is 8.57. The van der Waals surface area contributed by atoms with Gasteiger partial charge in [0, 0.05) is 49.5 Å². The first-order valence-corrected chi connectivity index (χ1v) is 11.6. The lowest BCUT2D eigenvalue weighted by Gasteiger charge is -2.32. The van der Waals surface area contributed by atoms with Gasteiger partial charge in [-0.1, -0.05) is 12.1 Å². The van der Waals surface area contributed by atoms with Crippen molar-refractivity contribution in [3.05, 3.63) is 53.7 Å². The standard InChI is InChI=1S/C25H29F3N4O3.2ClH/c1-34-20-7-8-21-22(15-20)24(31-30-23(21)25(26,27)28)29-18-9-11-32(12-10-18)16-17-3-5-19(6-4-17)35-14-2-13-33;;/h3-8,15,18,33H,2,9-14,16H2,1H3,(H,29,31);2*1H. The van der Waals surface area contributed by atoms with Gasteiger partial charge >= 0.3 is 6.18 Å². The van der Waals surface area contributed by atoms with Gasteiger partial charge in [0.25, 0.3) is 0 Å². The van der Waals surface area contributed by atoms with Crippen LogP contribution in [-0.2, 0) is 12.7 Å². The average Bonchev–Trinajstić information content (AvgIpc) is 2.85. The molecule has 204 valence electrons. The summed E-state index contributed by atoms with van der Waals surface area (Å²) in [5.74, 6) is 1.58. The molecule has 12 heteroatoms. The molecule has 37 heavy (non-hydrogen) atoms. The molecule has 1 aliphatic heterocycles. The van der Waals surface area contributed by atoms with Crippen molar-refractivity contribution in [2.24, 2.45) is 0 Å². The number of benzene rings is 2. The highest BCUT2D eigenvalue weighted by atomic mass is 35.5. The van der Waals surface area contributed by atoms with Crippen LogP contribution in [0.5, 0.6) is 11.5 Å². The van der Waals surface area contributed by atoms with E-state index in [0.29, 0.717) is 30.0 Å². The molecule has 2 heterocycles. The molecule has 0 unspecified atom stereocenters. The normalized spacial score (nSPS) is 14.5. The number of anilines is 1. The lowest BCUT2D eigenvalue weighted by Crippen LogP contribution is -2.38. The molecule has 2 aromatic carbocycles. The molecule has 2 N–H and O–H groups in total. The number of likely N-dealkylation sites (tertiary alicyclic amines) is 1. The van der Waals surface area contributed by atoms with Gasteiger partial charge in [-0.05, 0) is 48.7 Å². The number of nitrogens with zero attached hydrogens (tertiary/aromatic N) is 3. The number of halogens is 5. The van der Waals surface area contributed by atoms with Crippen LogP contribution in [0.1, 0.15) is 30.5 Å². The van der Waals surface area contributed by atoms with Crippen molar-refractivity contribution >= 4 is 41.4 Å². The van der Waals surface area contributed by atoms with Crippen LogP contribution in [0.3, 0.4) is 0 Å². The van der Waals surface area contributed by atoms with Crippen molar-refractivity contribution in [1.82, 2.24) is 15.1 Å². The van der Waals surface area contributed by atoms with Gasteiger partial charge in [-0.15, -0.1) is 35.0 Å². The summed E-state index contributed by atoms with van der Waals surface area (Å²) in [6.07, 6.45) is -2.33. The fourth-order valence-corrected chi connectivity index (χ4v) is 4.21. The summed E-state index contributed by atoms with van der Waals surface area (Å²) >= 11 is 0. The number of aliphatic hydroxyl groups excluding tert-OH is 1. The Morgan fingerprint density at radius 3 is 2.30 bits per heavy atom. The molecule has 0 bridgehead atoms. The van der Waals surface area contributed by atoms with Gasteiger partial charge < -0.3 is 19.9 Å². The molecule has 1 aromatic heterocycles. The molecule has 3 aromatic rings. The third kappa shape index (κ3) is 7.98. The van der Waals surface area contributed by atoms with E-state index in [1.54, 1.807) is 6.07 Å². The molecular formula is C25H31Cl2F3N4O3. The van der Waals surface area contributed by atoms with E-state index in [2.05, 4.69) is 20.4 Å². The van der Waals surface area contributed by atoms with Gasteiger partial charge in [0.2, 0.25) is 0 Å². The van der Waals surface area contributed by atoms with Crippen molar-refractivity contribution in [3.63, 3.8) is 0 Å². The Labute approximate surface area is 226 Å². The summed E-state index contributed by atoms with van der Waals surface area (Å²) in [6, 6.07) is 12.5. The summed E-state index contributed by atoms with van der Waals surface area (Å²) in [6.45, 7) is 3.10. The predicted molar refractivity (Wildman–Crippen MR) is 141 cm³/mol. The largest absolute Gasteiger partial charge is 0.497 e. The molecule has 1 aliphatic rings. The zero-order valence-corrected chi connectivity index (χ0v) is 22.0. The SMILES string of the molecule is COc1ccc2c(C(F)(F)F)nnc(NC3CCN(Cc4ccc(OCCCO)cc4)CC3)c2c1.Cl.Cl. The number of piperidine rings is 1. The molecule has 0 spiro atoms. The van der Waals surface area contributed by atoms with E-state index in [4.69, 9.17) is 14.6 Å². The highest BCUT2D eigenvalue weighted by molar-refractivity contribution is 5.94. The number of rotatable bonds is 9. The van der Waals surface area contributed by atoms with Gasteiger partial charge in [0.1, 0.15) is 11.5 Å². The average molecular weight is 563 g/mol. The summed E-state index contributed by atoms with van der Waals surface area (Å²) < 4.78 is 51.1. The van der Waals surface area contributed by atoms with E-state index in [1.165, 1.54) is 24.8 Å². The van der Waals surface area contributed by atoms with Crippen LogP contribution in [0, 0.1) is 0 Å². The Balaban J connectivity index is 0.00000241. The third-order valence-corrected chi connectivity index (χ3v) is 6.08. The molecule has 0 atom stereocenters. The zero-order valence-electron chi connectivity index (χ0n) is 20.3. The molecule has 0 saturated carbocycles. The summed E-state index contributed by atoms with van der Waals surface area (Å²) in [5.41, 5.74) is 0.179. The predicted octanol–water partition coefficient (Wildman–Crippen LogP) is 5.34. The van der Waals surface area contributed by atoms with E-state index >= 15 is 0 Å². The lowest BCUT2D eigenvalue weighted by atomic mass is 10.0. The molecule has 7 nitrogen and oxygen atoms in total. The number of fused-ring (bicyclic) bond motifs is 1. The van der Waals surface area contributed by atoms with Crippen LogP contribution in [-0.4, -0.2) is 59.7 Å². The van der Waals surface area contributed by atoms with E-state index in [9.17, 15) is 13.2 Å². The number of aliphatic hydroxyl groups is 1. The summed E-state index contributed by atoms with van der Waals surface area (Å²) in [7, 11) is 1.47. The number of methoxy groups -OCH3 is 1. The van der Waals surface area contributed by atoms with Gasteiger partial charge in [-0.25, -0.2) is 0 Å². The number of hydrogen-bond acceptors (Lipinski definition) is 7. The number of alkyl halides is 3. The minimum absolute atomic E-state index is 0. The Morgan fingerprint density at radius 2 is 1.68 bits per heavy atom. The number of aromatic nitrogens is 2. The van der Waals surface area contributed by atoms with Crippen LogP contribution in [0.2, 0.25) is 0 Å². The van der Waals surface area contributed by atoms with Crippen molar-refractivity contribution in [3.8, 4) is 11.5 Å². The van der Waals surface area contributed by atoms with Crippen LogP contribution in [0.4, 0.5) is 19.0 Å². The highest BCUT2D eigenvalue weighted by Gasteiger charge is 2.36. The van der Waals surface area contributed by atoms with E-state index in [1.807, 2.05) is 24.3 Å². The van der Waals surface area contributed by atoms with Gasteiger partial charge in [0.15, 0.2) is 11.5 Å². The van der Waals surface area contributed by atoms with Crippen LogP contribution < -0.4 is 14.8 Å². The van der Waals surface area contributed by atoms with E-state index in [-0.39, 0.29) is 42.8 Å². The Kier molecular flexibility index (Phi) is 11.5. The quantitative estimate of drug-likeness (QED) is 0.341. The molecule has 0 aliphatic carbocycles. The second-order valence-corrected chi connectivity index (χ2v) is 8.57. The zero-order chi connectivity index (χ0) is 24.8. The van der Waals surface area contributed by atoms with Gasteiger partial charge in [-0.3, -0.25) is 4.90 Å². The molecule has 0 amide bonds. The molecule has 1 fully saturated rings. The lowest BCUT2D eigenvalue weighted by molar-refractivity contribution is -0.140. The maximum atomic E-state index is 13.4. The van der Waals surface area contributed by atoms with Crippen LogP contribution in [0.15, 0.2) is 42.5 Å². The highest BCUT2D eigenvalue weighted by Crippen LogP contribution is 2.36. The van der Waals surface area contributed by atoms with Crippen LogP contribution in [0.25, 0.3) is 10.8 Å². The maximum Gasteiger partial charge on any atom is 0.435 e. The third-order valence-electron chi connectivity index (χ3n) is 6.08. The van der Waals surface area contributed by atoms with E-state index < -0.39 is 11.9 Å². The second kappa shape index (κ2) is 13.9.